The van der Waals surface area contributed by atoms with Gasteiger partial charge in [-0.1, -0.05) is 0 Å². The van der Waals surface area contributed by atoms with Gasteiger partial charge in [0.2, 0.25) is 5.91 Å². The van der Waals surface area contributed by atoms with Gasteiger partial charge in [-0.3, -0.25) is 4.79 Å². The van der Waals surface area contributed by atoms with Crippen LogP contribution in [0.5, 0.6) is 0 Å². The molecule has 0 radical (unpaired) electrons. The number of hydrogen-bond acceptors (Lipinski definition) is 4. The summed E-state index contributed by atoms with van der Waals surface area (Å²) in [7, 11) is 1.55. The summed E-state index contributed by atoms with van der Waals surface area (Å²) in [5, 5.41) is 3.17. The molecular formula is C9H16N2O3. The van der Waals surface area contributed by atoms with E-state index in [2.05, 4.69) is 5.32 Å². The Morgan fingerprint density at radius 3 is 2.57 bits per heavy atom. The van der Waals surface area contributed by atoms with E-state index in [1.165, 1.54) is 0 Å². The van der Waals surface area contributed by atoms with Crippen LogP contribution in [-0.2, 0) is 14.3 Å². The van der Waals surface area contributed by atoms with E-state index in [1.54, 1.807) is 7.11 Å². The van der Waals surface area contributed by atoms with Gasteiger partial charge in [-0.2, -0.15) is 0 Å². The molecule has 80 valence electrons. The van der Waals surface area contributed by atoms with Gasteiger partial charge in [-0.05, 0) is 0 Å². The molecule has 0 spiro atoms. The number of rotatable bonds is 4. The zero-order valence-electron chi connectivity index (χ0n) is 8.36. The Balaban J connectivity index is 1.93. The van der Waals surface area contributed by atoms with Gasteiger partial charge in [0.05, 0.1) is 25.3 Å². The van der Waals surface area contributed by atoms with E-state index in [0.717, 1.165) is 13.1 Å². The third-order valence-electron chi connectivity index (χ3n) is 2.72. The SMILES string of the molecule is COCC(=O)N(C1CNC1)C1COC1. The second-order valence-corrected chi connectivity index (χ2v) is 3.74. The molecule has 2 heterocycles. The number of carbonyl (C=O) groups is 1. The van der Waals surface area contributed by atoms with Crippen molar-refractivity contribution in [3.05, 3.63) is 0 Å². The van der Waals surface area contributed by atoms with Crippen LogP contribution in [0.1, 0.15) is 0 Å². The highest BCUT2D eigenvalue weighted by atomic mass is 16.5. The van der Waals surface area contributed by atoms with Crippen LogP contribution < -0.4 is 5.32 Å². The van der Waals surface area contributed by atoms with Crippen molar-refractivity contribution in [3.8, 4) is 0 Å². The minimum absolute atomic E-state index is 0.0762. The van der Waals surface area contributed by atoms with E-state index >= 15 is 0 Å². The first-order chi connectivity index (χ1) is 6.83. The zero-order valence-corrected chi connectivity index (χ0v) is 8.36. The van der Waals surface area contributed by atoms with Gasteiger partial charge in [0, 0.05) is 20.2 Å². The fraction of sp³-hybridized carbons (Fsp3) is 0.889. The molecule has 2 rings (SSSR count). The van der Waals surface area contributed by atoms with Crippen LogP contribution in [0.3, 0.4) is 0 Å². The average molecular weight is 200 g/mol. The molecule has 2 aliphatic rings. The van der Waals surface area contributed by atoms with Crippen LogP contribution in [0, 0.1) is 0 Å². The summed E-state index contributed by atoms with van der Waals surface area (Å²) in [6.45, 7) is 3.31. The summed E-state index contributed by atoms with van der Waals surface area (Å²) >= 11 is 0. The largest absolute Gasteiger partial charge is 0.377 e. The summed E-state index contributed by atoms with van der Waals surface area (Å²) in [6, 6.07) is 0.608. The number of ether oxygens (including phenoxy) is 2. The first-order valence-electron chi connectivity index (χ1n) is 4.91. The Kier molecular flexibility index (Phi) is 3.00. The third kappa shape index (κ3) is 1.75. The van der Waals surface area contributed by atoms with Crippen molar-refractivity contribution in [2.45, 2.75) is 12.1 Å². The predicted molar refractivity (Wildman–Crippen MR) is 50.0 cm³/mol. The Labute approximate surface area is 83.3 Å². The number of hydrogen-bond donors (Lipinski definition) is 1. The highest BCUT2D eigenvalue weighted by Crippen LogP contribution is 2.16. The number of nitrogens with one attached hydrogen (secondary N) is 1. The van der Waals surface area contributed by atoms with Crippen molar-refractivity contribution < 1.29 is 14.3 Å². The molecule has 0 saturated carbocycles. The third-order valence-corrected chi connectivity index (χ3v) is 2.72. The van der Waals surface area contributed by atoms with Crippen LogP contribution in [0.2, 0.25) is 0 Å². The van der Waals surface area contributed by atoms with Crippen LogP contribution in [-0.4, -0.2) is 62.9 Å². The fourth-order valence-electron chi connectivity index (χ4n) is 1.76. The lowest BCUT2D eigenvalue weighted by atomic mass is 10.1. The van der Waals surface area contributed by atoms with Gasteiger partial charge in [0.15, 0.2) is 0 Å². The Morgan fingerprint density at radius 2 is 2.21 bits per heavy atom. The molecule has 0 unspecified atom stereocenters. The molecule has 2 saturated heterocycles. The minimum Gasteiger partial charge on any atom is -0.377 e. The summed E-state index contributed by atoms with van der Waals surface area (Å²) in [4.78, 5) is 13.6. The first-order valence-corrected chi connectivity index (χ1v) is 4.91. The molecule has 0 aromatic rings. The normalized spacial score (nSPS) is 22.6. The Bertz CT molecular complexity index is 200. The predicted octanol–water partition coefficient (Wildman–Crippen LogP) is -1.17. The highest BCUT2D eigenvalue weighted by Gasteiger charge is 2.37. The topological polar surface area (TPSA) is 50.8 Å². The fourth-order valence-corrected chi connectivity index (χ4v) is 1.76. The number of amides is 1. The van der Waals surface area contributed by atoms with E-state index in [4.69, 9.17) is 9.47 Å². The molecule has 1 amide bonds. The van der Waals surface area contributed by atoms with Crippen LogP contribution >= 0.6 is 0 Å². The van der Waals surface area contributed by atoms with E-state index in [1.807, 2.05) is 4.90 Å². The van der Waals surface area contributed by atoms with Gasteiger partial charge in [0.1, 0.15) is 6.61 Å². The summed E-state index contributed by atoms with van der Waals surface area (Å²) < 4.78 is 9.98. The molecule has 0 aromatic carbocycles. The van der Waals surface area contributed by atoms with E-state index in [9.17, 15) is 4.79 Å². The molecule has 0 atom stereocenters. The highest BCUT2D eigenvalue weighted by molar-refractivity contribution is 5.78. The van der Waals surface area contributed by atoms with Crippen LogP contribution in [0.25, 0.3) is 0 Å². The molecule has 0 aliphatic carbocycles. The van der Waals surface area contributed by atoms with Gasteiger partial charge >= 0.3 is 0 Å². The van der Waals surface area contributed by atoms with E-state index in [-0.39, 0.29) is 18.6 Å². The molecule has 1 N–H and O–H groups in total. The number of carbonyl (C=O) groups excluding carboxylic acids is 1. The molecule has 2 aliphatic heterocycles. The lowest BCUT2D eigenvalue weighted by molar-refractivity contribution is -0.155. The van der Waals surface area contributed by atoms with Crippen molar-refractivity contribution in [3.63, 3.8) is 0 Å². The summed E-state index contributed by atoms with van der Waals surface area (Å²) in [6.07, 6.45) is 0. The van der Waals surface area contributed by atoms with Crippen molar-refractivity contribution in [1.29, 1.82) is 0 Å². The van der Waals surface area contributed by atoms with Crippen molar-refractivity contribution in [1.82, 2.24) is 10.2 Å². The summed E-state index contributed by atoms with van der Waals surface area (Å²) in [5.74, 6) is 0.0762. The Hall–Kier alpha value is -0.650. The second kappa shape index (κ2) is 4.25. The zero-order chi connectivity index (χ0) is 9.97. The van der Waals surface area contributed by atoms with Gasteiger partial charge < -0.3 is 19.7 Å². The quantitative estimate of drug-likeness (QED) is 0.621. The molecule has 0 aromatic heterocycles. The molecule has 5 nitrogen and oxygen atoms in total. The van der Waals surface area contributed by atoms with Crippen LogP contribution in [0.15, 0.2) is 0 Å². The lowest BCUT2D eigenvalue weighted by Crippen LogP contribution is -2.66. The standard InChI is InChI=1S/C9H16N2O3/c1-13-6-9(12)11(7-2-10-3-7)8-4-14-5-8/h7-8,10H,2-6H2,1H3. The van der Waals surface area contributed by atoms with E-state index < -0.39 is 0 Å². The van der Waals surface area contributed by atoms with Crippen molar-refractivity contribution >= 4 is 5.91 Å². The molecule has 2 fully saturated rings. The number of nitrogens with zero attached hydrogens (tertiary/aromatic N) is 1. The molecule has 14 heavy (non-hydrogen) atoms. The van der Waals surface area contributed by atoms with Crippen LogP contribution in [0.4, 0.5) is 0 Å². The molecular weight excluding hydrogens is 184 g/mol. The van der Waals surface area contributed by atoms with Crippen molar-refractivity contribution in [2.75, 3.05) is 40.0 Å². The van der Waals surface area contributed by atoms with Gasteiger partial charge in [0.25, 0.3) is 0 Å². The van der Waals surface area contributed by atoms with Crippen molar-refractivity contribution in [2.24, 2.45) is 0 Å². The molecule has 0 bridgehead atoms. The lowest BCUT2D eigenvalue weighted by Gasteiger charge is -2.45. The monoisotopic (exact) mass is 200 g/mol. The average Bonchev–Trinajstić information content (AvgIpc) is 1.97. The second-order valence-electron chi connectivity index (χ2n) is 3.74. The Morgan fingerprint density at radius 1 is 1.50 bits per heavy atom. The summed E-state index contributed by atoms with van der Waals surface area (Å²) in [5.41, 5.74) is 0. The number of methoxy groups -OCH3 is 1. The first kappa shape index (κ1) is 9.89. The van der Waals surface area contributed by atoms with Gasteiger partial charge in [-0.15, -0.1) is 0 Å². The maximum Gasteiger partial charge on any atom is 0.249 e. The minimum atomic E-state index is 0.0762. The smallest absolute Gasteiger partial charge is 0.249 e. The maximum atomic E-state index is 11.7. The maximum absolute atomic E-state index is 11.7. The van der Waals surface area contributed by atoms with E-state index in [0.29, 0.717) is 19.3 Å². The van der Waals surface area contributed by atoms with Gasteiger partial charge in [-0.25, -0.2) is 0 Å². The molecule has 5 heteroatoms.